The van der Waals surface area contributed by atoms with Crippen molar-refractivity contribution in [1.82, 2.24) is 5.32 Å². The summed E-state index contributed by atoms with van der Waals surface area (Å²) in [6.07, 6.45) is 1.08. The van der Waals surface area contributed by atoms with Crippen LogP contribution in [-0.4, -0.2) is 12.6 Å². The number of fused-ring (bicyclic) bond motifs is 1. The average molecular weight is 162 g/mol. The highest BCUT2D eigenvalue weighted by molar-refractivity contribution is 5.29. The highest BCUT2D eigenvalue weighted by Crippen LogP contribution is 2.15. The van der Waals surface area contributed by atoms with Crippen molar-refractivity contribution in [3.05, 3.63) is 35.4 Å². The molecule has 12 heavy (non-hydrogen) atoms. The molecule has 0 radical (unpaired) electrons. The van der Waals surface area contributed by atoms with Crippen LogP contribution >= 0.6 is 0 Å². The molecule has 3 N–H and O–H groups in total. The molecule has 2 rings (SSSR count). The number of hydrogen-bond donors (Lipinski definition) is 2. The molecule has 0 amide bonds. The first kappa shape index (κ1) is 7.77. The van der Waals surface area contributed by atoms with Gasteiger partial charge in [0.25, 0.3) is 0 Å². The van der Waals surface area contributed by atoms with E-state index in [0.29, 0.717) is 6.04 Å². The number of benzene rings is 1. The normalized spacial score (nSPS) is 21.9. The number of rotatable bonds is 1. The maximum atomic E-state index is 5.60. The first-order chi connectivity index (χ1) is 5.90. The van der Waals surface area contributed by atoms with Crippen LogP contribution in [0.25, 0.3) is 0 Å². The minimum Gasteiger partial charge on any atom is -0.329 e. The van der Waals surface area contributed by atoms with Crippen LogP contribution in [0.3, 0.4) is 0 Å². The third-order valence-corrected chi connectivity index (χ3v) is 2.45. The van der Waals surface area contributed by atoms with Crippen LogP contribution in [0.1, 0.15) is 11.1 Å². The standard InChI is InChI=1S/C10H14N2/c11-6-10-5-8-3-1-2-4-9(8)7-12-10/h1-4,10,12H,5-7,11H2/t10-/m1/s1. The van der Waals surface area contributed by atoms with Gasteiger partial charge in [0, 0.05) is 19.1 Å². The first-order valence-electron chi connectivity index (χ1n) is 4.40. The smallest absolute Gasteiger partial charge is 0.0233 e. The molecule has 0 spiro atoms. The van der Waals surface area contributed by atoms with Crippen LogP contribution in [0.5, 0.6) is 0 Å². The monoisotopic (exact) mass is 162 g/mol. The van der Waals surface area contributed by atoms with Crippen molar-refractivity contribution in [3.8, 4) is 0 Å². The van der Waals surface area contributed by atoms with Crippen molar-refractivity contribution >= 4 is 0 Å². The quantitative estimate of drug-likeness (QED) is 0.636. The fourth-order valence-corrected chi connectivity index (χ4v) is 1.69. The van der Waals surface area contributed by atoms with Crippen molar-refractivity contribution in [2.24, 2.45) is 5.73 Å². The molecular weight excluding hydrogens is 148 g/mol. The lowest BCUT2D eigenvalue weighted by Crippen LogP contribution is -2.40. The molecule has 1 aliphatic rings. The molecule has 64 valence electrons. The van der Waals surface area contributed by atoms with Crippen molar-refractivity contribution in [1.29, 1.82) is 0 Å². The Morgan fingerprint density at radius 3 is 2.83 bits per heavy atom. The van der Waals surface area contributed by atoms with Gasteiger partial charge >= 0.3 is 0 Å². The van der Waals surface area contributed by atoms with E-state index in [-0.39, 0.29) is 0 Å². The predicted octanol–water partition coefficient (Wildman–Crippen LogP) is 0.660. The molecule has 0 saturated heterocycles. The molecule has 0 saturated carbocycles. The summed E-state index contributed by atoms with van der Waals surface area (Å²) in [5, 5.41) is 3.40. The van der Waals surface area contributed by atoms with E-state index in [1.165, 1.54) is 11.1 Å². The lowest BCUT2D eigenvalue weighted by molar-refractivity contribution is 0.487. The van der Waals surface area contributed by atoms with Gasteiger partial charge in [-0.25, -0.2) is 0 Å². The molecule has 1 atom stereocenters. The van der Waals surface area contributed by atoms with Crippen LogP contribution in [-0.2, 0) is 13.0 Å². The first-order valence-corrected chi connectivity index (χ1v) is 4.40. The Labute approximate surface area is 72.8 Å². The van der Waals surface area contributed by atoms with Crippen LogP contribution in [0.2, 0.25) is 0 Å². The maximum absolute atomic E-state index is 5.60. The Bertz CT molecular complexity index is 270. The summed E-state index contributed by atoms with van der Waals surface area (Å²) in [5.74, 6) is 0. The van der Waals surface area contributed by atoms with Gasteiger partial charge < -0.3 is 11.1 Å². The average Bonchev–Trinajstić information content (AvgIpc) is 2.17. The van der Waals surface area contributed by atoms with E-state index in [0.717, 1.165) is 19.5 Å². The second-order valence-electron chi connectivity index (χ2n) is 3.29. The molecule has 2 nitrogen and oxygen atoms in total. The summed E-state index contributed by atoms with van der Waals surface area (Å²) >= 11 is 0. The van der Waals surface area contributed by atoms with E-state index in [2.05, 4.69) is 29.6 Å². The molecule has 0 aromatic heterocycles. The molecule has 0 unspecified atom stereocenters. The molecule has 1 aliphatic heterocycles. The zero-order valence-electron chi connectivity index (χ0n) is 7.09. The molecule has 1 aromatic rings. The Hall–Kier alpha value is -0.860. The van der Waals surface area contributed by atoms with E-state index in [9.17, 15) is 0 Å². The molecular formula is C10H14N2. The van der Waals surface area contributed by atoms with Gasteiger partial charge in [0.05, 0.1) is 0 Å². The molecule has 0 aliphatic carbocycles. The predicted molar refractivity (Wildman–Crippen MR) is 49.8 cm³/mol. The summed E-state index contributed by atoms with van der Waals surface area (Å²) < 4.78 is 0. The third-order valence-electron chi connectivity index (χ3n) is 2.45. The van der Waals surface area contributed by atoms with E-state index in [1.54, 1.807) is 0 Å². The van der Waals surface area contributed by atoms with E-state index < -0.39 is 0 Å². The molecule has 1 aromatic carbocycles. The van der Waals surface area contributed by atoms with Crippen molar-refractivity contribution in [2.75, 3.05) is 6.54 Å². The van der Waals surface area contributed by atoms with Crippen LogP contribution in [0, 0.1) is 0 Å². The Morgan fingerprint density at radius 1 is 1.33 bits per heavy atom. The zero-order chi connectivity index (χ0) is 8.39. The van der Waals surface area contributed by atoms with Crippen molar-refractivity contribution in [2.45, 2.75) is 19.0 Å². The molecule has 0 fully saturated rings. The van der Waals surface area contributed by atoms with Gasteiger partial charge in [-0.15, -0.1) is 0 Å². The van der Waals surface area contributed by atoms with Crippen LogP contribution < -0.4 is 11.1 Å². The second-order valence-corrected chi connectivity index (χ2v) is 3.29. The Balaban J connectivity index is 2.23. The fraction of sp³-hybridized carbons (Fsp3) is 0.400. The summed E-state index contributed by atoms with van der Waals surface area (Å²) in [6, 6.07) is 9.02. The second kappa shape index (κ2) is 3.25. The lowest BCUT2D eigenvalue weighted by atomic mass is 9.96. The van der Waals surface area contributed by atoms with E-state index in [1.807, 2.05) is 0 Å². The van der Waals surface area contributed by atoms with Crippen LogP contribution in [0.4, 0.5) is 0 Å². The largest absolute Gasteiger partial charge is 0.329 e. The van der Waals surface area contributed by atoms with Gasteiger partial charge in [-0.2, -0.15) is 0 Å². The number of nitrogens with two attached hydrogens (primary N) is 1. The highest BCUT2D eigenvalue weighted by Gasteiger charge is 2.14. The Morgan fingerprint density at radius 2 is 2.08 bits per heavy atom. The lowest BCUT2D eigenvalue weighted by Gasteiger charge is -2.24. The van der Waals surface area contributed by atoms with Gasteiger partial charge in [0.2, 0.25) is 0 Å². The topological polar surface area (TPSA) is 38.0 Å². The van der Waals surface area contributed by atoms with Gasteiger partial charge in [-0.3, -0.25) is 0 Å². The minimum atomic E-state index is 0.472. The molecule has 1 heterocycles. The van der Waals surface area contributed by atoms with E-state index in [4.69, 9.17) is 5.73 Å². The van der Waals surface area contributed by atoms with Gasteiger partial charge in [0.15, 0.2) is 0 Å². The summed E-state index contributed by atoms with van der Waals surface area (Å²) in [7, 11) is 0. The van der Waals surface area contributed by atoms with Crippen molar-refractivity contribution < 1.29 is 0 Å². The summed E-state index contributed by atoms with van der Waals surface area (Å²) in [6.45, 7) is 1.70. The van der Waals surface area contributed by atoms with Crippen molar-refractivity contribution in [3.63, 3.8) is 0 Å². The van der Waals surface area contributed by atoms with Gasteiger partial charge in [-0.1, -0.05) is 24.3 Å². The van der Waals surface area contributed by atoms with Crippen LogP contribution in [0.15, 0.2) is 24.3 Å². The fourth-order valence-electron chi connectivity index (χ4n) is 1.69. The van der Waals surface area contributed by atoms with Gasteiger partial charge in [0.1, 0.15) is 0 Å². The summed E-state index contributed by atoms with van der Waals surface area (Å²) in [5.41, 5.74) is 8.47. The Kier molecular flexibility index (Phi) is 2.11. The SMILES string of the molecule is NC[C@H]1Cc2ccccc2CN1. The summed E-state index contributed by atoms with van der Waals surface area (Å²) in [4.78, 5) is 0. The minimum absolute atomic E-state index is 0.472. The number of hydrogen-bond acceptors (Lipinski definition) is 2. The molecule has 0 bridgehead atoms. The van der Waals surface area contributed by atoms with E-state index >= 15 is 0 Å². The third kappa shape index (κ3) is 1.36. The highest BCUT2D eigenvalue weighted by atomic mass is 14.9. The maximum Gasteiger partial charge on any atom is 0.0233 e. The number of nitrogens with one attached hydrogen (secondary N) is 1. The zero-order valence-corrected chi connectivity index (χ0v) is 7.09. The molecule has 2 heteroatoms. The van der Waals surface area contributed by atoms with Gasteiger partial charge in [-0.05, 0) is 17.5 Å².